The van der Waals surface area contributed by atoms with Crippen LogP contribution in [0.5, 0.6) is 0 Å². The first-order valence-electron chi connectivity index (χ1n) is 6.19. The number of hydrogen-bond acceptors (Lipinski definition) is 2. The molecule has 1 N–H and O–H groups in total. The molecule has 3 aromatic rings. The van der Waals surface area contributed by atoms with E-state index in [1.807, 2.05) is 36.4 Å². The highest BCUT2D eigenvalue weighted by molar-refractivity contribution is 5.87. The molecule has 0 atom stereocenters. The van der Waals surface area contributed by atoms with Crippen molar-refractivity contribution in [3.8, 4) is 16.9 Å². The number of carboxylic acid groups (broad SMARTS) is 1. The Morgan fingerprint density at radius 3 is 2.30 bits per heavy atom. The van der Waals surface area contributed by atoms with Crippen LogP contribution in [0.25, 0.3) is 16.9 Å². The van der Waals surface area contributed by atoms with Crippen LogP contribution >= 0.6 is 0 Å². The molecule has 0 radical (unpaired) electrons. The normalized spacial score (nSPS) is 10.4. The van der Waals surface area contributed by atoms with Gasteiger partial charge in [0.15, 0.2) is 0 Å². The fourth-order valence-electron chi connectivity index (χ4n) is 2.08. The van der Waals surface area contributed by atoms with Gasteiger partial charge in [-0.15, -0.1) is 0 Å². The molecule has 1 aromatic heterocycles. The first-order chi connectivity index (χ1) is 9.75. The molecule has 3 rings (SSSR count). The Kier molecular flexibility index (Phi) is 3.05. The SMILES string of the molecule is O=C(O)c1ccc(-n2nccc2-c2ccccc2)cc1. The van der Waals surface area contributed by atoms with Gasteiger partial charge in [-0.1, -0.05) is 30.3 Å². The van der Waals surface area contributed by atoms with Crippen LogP contribution in [0.1, 0.15) is 10.4 Å². The van der Waals surface area contributed by atoms with Crippen LogP contribution in [-0.4, -0.2) is 20.9 Å². The van der Waals surface area contributed by atoms with Gasteiger partial charge in [0.1, 0.15) is 0 Å². The maximum Gasteiger partial charge on any atom is 0.335 e. The molecular formula is C16H12N2O2. The molecule has 98 valence electrons. The molecule has 0 aliphatic carbocycles. The Hall–Kier alpha value is -2.88. The Bertz CT molecular complexity index is 731. The Labute approximate surface area is 115 Å². The van der Waals surface area contributed by atoms with E-state index < -0.39 is 5.97 Å². The minimum absolute atomic E-state index is 0.266. The third kappa shape index (κ3) is 2.19. The van der Waals surface area contributed by atoms with Crippen molar-refractivity contribution >= 4 is 5.97 Å². The van der Waals surface area contributed by atoms with Crippen molar-refractivity contribution in [3.05, 3.63) is 72.4 Å². The minimum Gasteiger partial charge on any atom is -0.478 e. The number of carboxylic acids is 1. The van der Waals surface area contributed by atoms with Crippen LogP contribution in [0, 0.1) is 0 Å². The molecule has 0 saturated carbocycles. The molecule has 0 fully saturated rings. The van der Waals surface area contributed by atoms with Crippen LogP contribution < -0.4 is 0 Å². The van der Waals surface area contributed by atoms with Crippen molar-refractivity contribution in [1.82, 2.24) is 9.78 Å². The maximum absolute atomic E-state index is 10.9. The second kappa shape index (κ2) is 5.01. The van der Waals surface area contributed by atoms with E-state index in [9.17, 15) is 4.79 Å². The second-order valence-corrected chi connectivity index (χ2v) is 4.35. The molecule has 20 heavy (non-hydrogen) atoms. The van der Waals surface area contributed by atoms with Gasteiger partial charge in [0.05, 0.1) is 23.1 Å². The van der Waals surface area contributed by atoms with Crippen LogP contribution in [0.2, 0.25) is 0 Å². The molecule has 4 nitrogen and oxygen atoms in total. The molecule has 0 aliphatic rings. The predicted molar refractivity (Wildman–Crippen MR) is 76.0 cm³/mol. The highest BCUT2D eigenvalue weighted by Crippen LogP contribution is 2.22. The third-order valence-electron chi connectivity index (χ3n) is 3.07. The lowest BCUT2D eigenvalue weighted by molar-refractivity contribution is 0.0697. The molecule has 0 spiro atoms. The molecule has 0 bridgehead atoms. The van der Waals surface area contributed by atoms with Crippen molar-refractivity contribution < 1.29 is 9.90 Å². The standard InChI is InChI=1S/C16H12N2O2/c19-16(20)13-6-8-14(9-7-13)18-15(10-11-17-18)12-4-2-1-3-5-12/h1-11H,(H,19,20). The van der Waals surface area contributed by atoms with Gasteiger partial charge in [0.25, 0.3) is 0 Å². The van der Waals surface area contributed by atoms with Gasteiger partial charge in [0, 0.05) is 5.56 Å². The summed E-state index contributed by atoms with van der Waals surface area (Å²) in [5.41, 5.74) is 3.13. The summed E-state index contributed by atoms with van der Waals surface area (Å²) in [6, 6.07) is 18.5. The summed E-state index contributed by atoms with van der Waals surface area (Å²) in [5, 5.41) is 13.2. The van der Waals surface area contributed by atoms with Gasteiger partial charge in [0.2, 0.25) is 0 Å². The average molecular weight is 264 g/mol. The van der Waals surface area contributed by atoms with Gasteiger partial charge < -0.3 is 5.11 Å². The first kappa shape index (κ1) is 12.2. The average Bonchev–Trinajstić information content (AvgIpc) is 2.97. The van der Waals surface area contributed by atoms with Crippen molar-refractivity contribution in [2.45, 2.75) is 0 Å². The number of benzene rings is 2. The van der Waals surface area contributed by atoms with Crippen LogP contribution in [-0.2, 0) is 0 Å². The monoisotopic (exact) mass is 264 g/mol. The summed E-state index contributed by atoms with van der Waals surface area (Å²) in [6.07, 6.45) is 1.73. The summed E-state index contributed by atoms with van der Waals surface area (Å²) >= 11 is 0. The molecule has 4 heteroatoms. The Balaban J connectivity index is 2.04. The van der Waals surface area contributed by atoms with E-state index in [0.717, 1.165) is 16.9 Å². The molecule has 0 unspecified atom stereocenters. The van der Waals surface area contributed by atoms with Gasteiger partial charge >= 0.3 is 5.97 Å². The lowest BCUT2D eigenvalue weighted by Crippen LogP contribution is -2.01. The van der Waals surface area contributed by atoms with Crippen molar-refractivity contribution in [1.29, 1.82) is 0 Å². The number of aromatic carboxylic acids is 1. The summed E-state index contributed by atoms with van der Waals surface area (Å²) < 4.78 is 1.79. The van der Waals surface area contributed by atoms with E-state index in [2.05, 4.69) is 5.10 Å². The molecular weight excluding hydrogens is 252 g/mol. The second-order valence-electron chi connectivity index (χ2n) is 4.35. The number of carbonyl (C=O) groups is 1. The van der Waals surface area contributed by atoms with E-state index in [1.165, 1.54) is 0 Å². The highest BCUT2D eigenvalue weighted by atomic mass is 16.4. The highest BCUT2D eigenvalue weighted by Gasteiger charge is 2.08. The van der Waals surface area contributed by atoms with E-state index in [0.29, 0.717) is 0 Å². The van der Waals surface area contributed by atoms with Crippen molar-refractivity contribution in [2.24, 2.45) is 0 Å². The molecule has 0 amide bonds. The number of hydrogen-bond donors (Lipinski definition) is 1. The summed E-state index contributed by atoms with van der Waals surface area (Å²) in [6.45, 7) is 0. The van der Waals surface area contributed by atoms with Crippen LogP contribution in [0.3, 0.4) is 0 Å². The fraction of sp³-hybridized carbons (Fsp3) is 0. The minimum atomic E-state index is -0.930. The van der Waals surface area contributed by atoms with E-state index in [4.69, 9.17) is 5.11 Å². The van der Waals surface area contributed by atoms with Gasteiger partial charge in [-0.2, -0.15) is 5.10 Å². The van der Waals surface area contributed by atoms with Crippen LogP contribution in [0.4, 0.5) is 0 Å². The lowest BCUT2D eigenvalue weighted by Gasteiger charge is -2.08. The summed E-state index contributed by atoms with van der Waals surface area (Å²) in [7, 11) is 0. The van der Waals surface area contributed by atoms with E-state index >= 15 is 0 Å². The zero-order chi connectivity index (χ0) is 13.9. The Morgan fingerprint density at radius 2 is 1.65 bits per heavy atom. The van der Waals surface area contributed by atoms with Gasteiger partial charge in [-0.25, -0.2) is 9.48 Å². The first-order valence-corrected chi connectivity index (χ1v) is 6.19. The number of nitrogens with zero attached hydrogens (tertiary/aromatic N) is 2. The van der Waals surface area contributed by atoms with Crippen molar-refractivity contribution in [2.75, 3.05) is 0 Å². The Morgan fingerprint density at radius 1 is 0.950 bits per heavy atom. The van der Waals surface area contributed by atoms with Gasteiger partial charge in [-0.05, 0) is 30.3 Å². The summed E-state index contributed by atoms with van der Waals surface area (Å²) in [5.74, 6) is -0.930. The molecule has 0 saturated heterocycles. The zero-order valence-electron chi connectivity index (χ0n) is 10.6. The van der Waals surface area contributed by atoms with Crippen LogP contribution in [0.15, 0.2) is 66.9 Å². The smallest absolute Gasteiger partial charge is 0.335 e. The lowest BCUT2D eigenvalue weighted by atomic mass is 10.1. The number of aromatic nitrogens is 2. The third-order valence-corrected chi connectivity index (χ3v) is 3.07. The topological polar surface area (TPSA) is 55.1 Å². The molecule has 2 aromatic carbocycles. The zero-order valence-corrected chi connectivity index (χ0v) is 10.6. The van der Waals surface area contributed by atoms with E-state index in [1.54, 1.807) is 35.1 Å². The molecule has 1 heterocycles. The predicted octanol–water partition coefficient (Wildman–Crippen LogP) is 3.24. The van der Waals surface area contributed by atoms with Crippen molar-refractivity contribution in [3.63, 3.8) is 0 Å². The summed E-state index contributed by atoms with van der Waals surface area (Å²) in [4.78, 5) is 10.9. The largest absolute Gasteiger partial charge is 0.478 e. The fourth-order valence-corrected chi connectivity index (χ4v) is 2.08. The number of rotatable bonds is 3. The van der Waals surface area contributed by atoms with E-state index in [-0.39, 0.29) is 5.56 Å². The van der Waals surface area contributed by atoms with Gasteiger partial charge in [-0.3, -0.25) is 0 Å². The maximum atomic E-state index is 10.9. The quantitative estimate of drug-likeness (QED) is 0.790. The molecule has 0 aliphatic heterocycles.